The van der Waals surface area contributed by atoms with Crippen LogP contribution in [0.5, 0.6) is 0 Å². The van der Waals surface area contributed by atoms with Crippen molar-refractivity contribution in [1.29, 1.82) is 5.26 Å². The minimum atomic E-state index is -0.129. The Morgan fingerprint density at radius 2 is 2.70 bits per heavy atom. The van der Waals surface area contributed by atoms with Crippen LogP contribution in [0.2, 0.25) is 0 Å². The van der Waals surface area contributed by atoms with E-state index in [4.69, 9.17) is 5.26 Å². The van der Waals surface area contributed by atoms with E-state index in [2.05, 4.69) is 24.1 Å². The Morgan fingerprint density at radius 3 is 3.10 bits per heavy atom. The normalized spacial score (nSPS) is 23.6. The maximum absolute atomic E-state index is 8.46. The van der Waals surface area contributed by atoms with Crippen LogP contribution < -0.4 is 0 Å². The van der Waals surface area contributed by atoms with Crippen molar-refractivity contribution in [2.45, 2.75) is 25.8 Å². The van der Waals surface area contributed by atoms with Crippen molar-refractivity contribution in [2.24, 2.45) is 4.99 Å². The SMILES string of the molecule is CCC1=CCC(C#N)N=C1. The number of hydrogen-bond donors (Lipinski definition) is 0. The summed E-state index contributed by atoms with van der Waals surface area (Å²) in [6, 6.07) is 1.98. The first kappa shape index (κ1) is 7.01. The standard InChI is InChI=1S/C8H10N2/c1-2-7-3-4-8(5-9)10-6-7/h3,6,8H,2,4H2,1H3. The molecule has 0 aromatic rings. The molecule has 2 nitrogen and oxygen atoms in total. The zero-order valence-electron chi connectivity index (χ0n) is 6.04. The molecule has 0 radical (unpaired) electrons. The van der Waals surface area contributed by atoms with Crippen molar-refractivity contribution in [3.63, 3.8) is 0 Å². The van der Waals surface area contributed by atoms with Crippen molar-refractivity contribution in [3.8, 4) is 6.07 Å². The Morgan fingerprint density at radius 1 is 1.90 bits per heavy atom. The summed E-state index contributed by atoms with van der Waals surface area (Å²) in [5.74, 6) is 0. The van der Waals surface area contributed by atoms with E-state index in [0.717, 1.165) is 12.8 Å². The van der Waals surface area contributed by atoms with Gasteiger partial charge < -0.3 is 0 Å². The number of allylic oxidation sites excluding steroid dienone is 1. The Hall–Kier alpha value is -1.10. The zero-order valence-corrected chi connectivity index (χ0v) is 6.04. The van der Waals surface area contributed by atoms with Crippen LogP contribution in [-0.2, 0) is 0 Å². The summed E-state index contributed by atoms with van der Waals surface area (Å²) in [5, 5.41) is 8.46. The second-order valence-electron chi connectivity index (χ2n) is 2.29. The molecule has 0 fully saturated rings. The van der Waals surface area contributed by atoms with Gasteiger partial charge in [-0.1, -0.05) is 13.0 Å². The summed E-state index contributed by atoms with van der Waals surface area (Å²) in [5.41, 5.74) is 1.24. The lowest BCUT2D eigenvalue weighted by Crippen LogP contribution is -2.04. The van der Waals surface area contributed by atoms with Gasteiger partial charge in [0.1, 0.15) is 6.04 Å². The molecule has 1 heterocycles. The molecule has 1 unspecified atom stereocenters. The predicted molar refractivity (Wildman–Crippen MR) is 40.9 cm³/mol. The van der Waals surface area contributed by atoms with Crippen LogP contribution in [0.3, 0.4) is 0 Å². The van der Waals surface area contributed by atoms with Gasteiger partial charge in [0.15, 0.2) is 0 Å². The van der Waals surface area contributed by atoms with E-state index in [1.54, 1.807) is 6.21 Å². The molecule has 0 aliphatic carbocycles. The molecule has 52 valence electrons. The highest BCUT2D eigenvalue weighted by Crippen LogP contribution is 2.09. The third kappa shape index (κ3) is 1.44. The highest BCUT2D eigenvalue weighted by Gasteiger charge is 2.05. The molecule has 0 spiro atoms. The van der Waals surface area contributed by atoms with Crippen LogP contribution in [0.25, 0.3) is 0 Å². The van der Waals surface area contributed by atoms with Crippen molar-refractivity contribution < 1.29 is 0 Å². The molecule has 0 N–H and O–H groups in total. The number of hydrogen-bond acceptors (Lipinski definition) is 2. The minimum Gasteiger partial charge on any atom is -0.274 e. The van der Waals surface area contributed by atoms with Gasteiger partial charge in [0.2, 0.25) is 0 Å². The molecule has 1 aliphatic rings. The lowest BCUT2D eigenvalue weighted by atomic mass is 10.1. The van der Waals surface area contributed by atoms with Gasteiger partial charge in [0.05, 0.1) is 6.07 Å². The van der Waals surface area contributed by atoms with Gasteiger partial charge in [-0.2, -0.15) is 5.26 Å². The fraction of sp³-hybridized carbons (Fsp3) is 0.500. The Bertz CT molecular complexity index is 208. The van der Waals surface area contributed by atoms with E-state index < -0.39 is 0 Å². The zero-order chi connectivity index (χ0) is 7.40. The van der Waals surface area contributed by atoms with Crippen LogP contribution in [0, 0.1) is 11.3 Å². The van der Waals surface area contributed by atoms with Crippen LogP contribution in [0.15, 0.2) is 16.6 Å². The van der Waals surface area contributed by atoms with Gasteiger partial charge in [-0.25, -0.2) is 0 Å². The molecule has 0 saturated heterocycles. The Balaban J connectivity index is 2.56. The van der Waals surface area contributed by atoms with Crippen LogP contribution in [-0.4, -0.2) is 12.3 Å². The molecule has 0 bridgehead atoms. The van der Waals surface area contributed by atoms with Crippen molar-refractivity contribution in [3.05, 3.63) is 11.6 Å². The van der Waals surface area contributed by atoms with Crippen molar-refractivity contribution in [1.82, 2.24) is 0 Å². The van der Waals surface area contributed by atoms with Gasteiger partial charge in [-0.05, 0) is 12.0 Å². The highest BCUT2D eigenvalue weighted by molar-refractivity contribution is 5.79. The lowest BCUT2D eigenvalue weighted by molar-refractivity contribution is 0.832. The van der Waals surface area contributed by atoms with Crippen LogP contribution in [0.4, 0.5) is 0 Å². The van der Waals surface area contributed by atoms with Gasteiger partial charge in [-0.3, -0.25) is 4.99 Å². The van der Waals surface area contributed by atoms with E-state index in [1.165, 1.54) is 5.57 Å². The van der Waals surface area contributed by atoms with E-state index in [1.807, 2.05) is 0 Å². The summed E-state index contributed by atoms with van der Waals surface area (Å²) >= 11 is 0. The minimum absolute atomic E-state index is 0.129. The highest BCUT2D eigenvalue weighted by atomic mass is 14.8. The smallest absolute Gasteiger partial charge is 0.140 e. The fourth-order valence-electron chi connectivity index (χ4n) is 0.884. The molecule has 0 aromatic heterocycles. The quantitative estimate of drug-likeness (QED) is 0.537. The number of rotatable bonds is 1. The van der Waals surface area contributed by atoms with E-state index >= 15 is 0 Å². The molecular formula is C8H10N2. The summed E-state index contributed by atoms with van der Waals surface area (Å²) in [6.45, 7) is 2.09. The molecular weight excluding hydrogens is 124 g/mol. The number of nitrogens with zero attached hydrogens (tertiary/aromatic N) is 2. The third-order valence-electron chi connectivity index (χ3n) is 1.58. The Labute approximate surface area is 60.9 Å². The average molecular weight is 134 g/mol. The molecule has 0 saturated carbocycles. The molecule has 2 heteroatoms. The second kappa shape index (κ2) is 3.17. The summed E-state index contributed by atoms with van der Waals surface area (Å²) < 4.78 is 0. The Kier molecular flexibility index (Phi) is 2.22. The fourth-order valence-corrected chi connectivity index (χ4v) is 0.884. The molecule has 1 atom stereocenters. The second-order valence-corrected chi connectivity index (χ2v) is 2.29. The maximum atomic E-state index is 8.46. The molecule has 1 aliphatic heterocycles. The van der Waals surface area contributed by atoms with E-state index in [-0.39, 0.29) is 6.04 Å². The lowest BCUT2D eigenvalue weighted by Gasteiger charge is -2.06. The summed E-state index contributed by atoms with van der Waals surface area (Å²) in [6.07, 6.45) is 5.69. The van der Waals surface area contributed by atoms with E-state index in [0.29, 0.717) is 0 Å². The first-order chi connectivity index (χ1) is 4.86. The first-order valence-corrected chi connectivity index (χ1v) is 3.48. The van der Waals surface area contributed by atoms with Gasteiger partial charge in [0.25, 0.3) is 0 Å². The predicted octanol–water partition coefficient (Wildman–Crippen LogP) is 1.69. The molecule has 0 amide bonds. The summed E-state index contributed by atoms with van der Waals surface area (Å²) in [7, 11) is 0. The number of nitriles is 1. The van der Waals surface area contributed by atoms with Crippen LogP contribution >= 0.6 is 0 Å². The summed E-state index contributed by atoms with van der Waals surface area (Å²) in [4.78, 5) is 4.05. The number of dihydropyridines is 1. The maximum Gasteiger partial charge on any atom is 0.140 e. The topological polar surface area (TPSA) is 36.1 Å². The van der Waals surface area contributed by atoms with Gasteiger partial charge in [-0.15, -0.1) is 0 Å². The van der Waals surface area contributed by atoms with Gasteiger partial charge in [0, 0.05) is 12.6 Å². The van der Waals surface area contributed by atoms with E-state index in [9.17, 15) is 0 Å². The molecule has 0 aromatic carbocycles. The van der Waals surface area contributed by atoms with Crippen LogP contribution in [0.1, 0.15) is 19.8 Å². The largest absolute Gasteiger partial charge is 0.274 e. The molecule has 1 rings (SSSR count). The third-order valence-corrected chi connectivity index (χ3v) is 1.58. The molecule has 10 heavy (non-hydrogen) atoms. The van der Waals surface area contributed by atoms with Gasteiger partial charge >= 0.3 is 0 Å². The number of aliphatic imine (C=N–C) groups is 1. The van der Waals surface area contributed by atoms with Crippen molar-refractivity contribution in [2.75, 3.05) is 0 Å². The first-order valence-electron chi connectivity index (χ1n) is 3.48. The monoisotopic (exact) mass is 134 g/mol. The van der Waals surface area contributed by atoms with Crippen molar-refractivity contribution >= 4 is 6.21 Å². The average Bonchev–Trinajstić information content (AvgIpc) is 2.05.